The molecule has 0 radical (unpaired) electrons. The number of phenols is 1. The van der Waals surface area contributed by atoms with Gasteiger partial charge in [-0.15, -0.1) is 0 Å². The van der Waals surface area contributed by atoms with Crippen molar-refractivity contribution in [2.75, 3.05) is 13.9 Å². The van der Waals surface area contributed by atoms with Crippen LogP contribution in [0.15, 0.2) is 30.3 Å². The third-order valence-electron chi connectivity index (χ3n) is 5.04. The van der Waals surface area contributed by atoms with Gasteiger partial charge in [0.2, 0.25) is 6.79 Å². The van der Waals surface area contributed by atoms with Crippen LogP contribution in [0, 0.1) is 18.8 Å². The van der Waals surface area contributed by atoms with Crippen molar-refractivity contribution in [3.63, 3.8) is 0 Å². The maximum atomic E-state index is 10.1. The zero-order valence-electron chi connectivity index (χ0n) is 15.3. The van der Waals surface area contributed by atoms with Crippen LogP contribution in [-0.4, -0.2) is 19.0 Å². The van der Waals surface area contributed by atoms with Gasteiger partial charge in [-0.1, -0.05) is 26.0 Å². The van der Waals surface area contributed by atoms with Crippen LogP contribution in [-0.2, 0) is 12.8 Å². The van der Waals surface area contributed by atoms with E-state index in [4.69, 9.17) is 14.2 Å². The summed E-state index contributed by atoms with van der Waals surface area (Å²) in [5, 5.41) is 10.1. The maximum absolute atomic E-state index is 10.1. The number of fused-ring (bicyclic) bond motifs is 1. The number of aryl methyl sites for hydroxylation is 1. The van der Waals surface area contributed by atoms with Gasteiger partial charge in [0.15, 0.2) is 23.0 Å². The van der Waals surface area contributed by atoms with Gasteiger partial charge in [0.1, 0.15) is 0 Å². The molecule has 0 fully saturated rings. The molecule has 1 aliphatic heterocycles. The van der Waals surface area contributed by atoms with Crippen LogP contribution < -0.4 is 14.2 Å². The minimum atomic E-state index is 0.216. The number of hydrogen-bond donors (Lipinski definition) is 1. The van der Waals surface area contributed by atoms with E-state index >= 15 is 0 Å². The summed E-state index contributed by atoms with van der Waals surface area (Å²) in [4.78, 5) is 0. The first-order chi connectivity index (χ1) is 12.0. The first-order valence-corrected chi connectivity index (χ1v) is 8.73. The zero-order valence-corrected chi connectivity index (χ0v) is 15.3. The zero-order chi connectivity index (χ0) is 18.0. The van der Waals surface area contributed by atoms with Crippen LogP contribution in [0.1, 0.15) is 30.5 Å². The highest BCUT2D eigenvalue weighted by molar-refractivity contribution is 5.48. The largest absolute Gasteiger partial charge is 0.504 e. The van der Waals surface area contributed by atoms with Crippen molar-refractivity contribution in [1.82, 2.24) is 0 Å². The first kappa shape index (κ1) is 17.5. The smallest absolute Gasteiger partial charge is 0.231 e. The Labute approximate surface area is 149 Å². The van der Waals surface area contributed by atoms with Gasteiger partial charge in [0, 0.05) is 0 Å². The van der Waals surface area contributed by atoms with Crippen LogP contribution in [0.4, 0.5) is 0 Å². The van der Waals surface area contributed by atoms with Gasteiger partial charge in [0.05, 0.1) is 7.11 Å². The average molecular weight is 342 g/mol. The van der Waals surface area contributed by atoms with E-state index in [9.17, 15) is 5.11 Å². The molecule has 1 N–H and O–H groups in total. The molecule has 4 heteroatoms. The SMILES string of the molecule is COc1c(C)cc(CC(C)C(C)Cc2ccc3c(c2)OCO3)cc1O. The van der Waals surface area contributed by atoms with Crippen molar-refractivity contribution in [2.45, 2.75) is 33.6 Å². The van der Waals surface area contributed by atoms with Crippen LogP contribution in [0.5, 0.6) is 23.0 Å². The lowest BCUT2D eigenvalue weighted by Crippen LogP contribution is -2.14. The number of hydrogen-bond acceptors (Lipinski definition) is 4. The molecule has 1 aliphatic rings. The van der Waals surface area contributed by atoms with E-state index in [1.54, 1.807) is 7.11 Å². The van der Waals surface area contributed by atoms with Gasteiger partial charge in [-0.25, -0.2) is 0 Å². The molecule has 0 aromatic heterocycles. The molecule has 25 heavy (non-hydrogen) atoms. The third-order valence-corrected chi connectivity index (χ3v) is 5.04. The van der Waals surface area contributed by atoms with Gasteiger partial charge in [0.25, 0.3) is 0 Å². The molecular formula is C21H26O4. The Balaban J connectivity index is 1.65. The molecule has 2 aromatic rings. The van der Waals surface area contributed by atoms with E-state index in [0.717, 1.165) is 35.5 Å². The number of ether oxygens (including phenoxy) is 3. The van der Waals surface area contributed by atoms with Crippen molar-refractivity contribution in [3.8, 4) is 23.0 Å². The summed E-state index contributed by atoms with van der Waals surface area (Å²) >= 11 is 0. The quantitative estimate of drug-likeness (QED) is 0.840. The fourth-order valence-electron chi connectivity index (χ4n) is 3.43. The van der Waals surface area contributed by atoms with Crippen molar-refractivity contribution < 1.29 is 19.3 Å². The lowest BCUT2D eigenvalue weighted by atomic mass is 9.85. The molecular weight excluding hydrogens is 316 g/mol. The number of methoxy groups -OCH3 is 1. The van der Waals surface area contributed by atoms with E-state index in [-0.39, 0.29) is 5.75 Å². The minimum Gasteiger partial charge on any atom is -0.504 e. The highest BCUT2D eigenvalue weighted by Gasteiger charge is 2.18. The molecule has 2 aromatic carbocycles. The Morgan fingerprint density at radius 2 is 1.68 bits per heavy atom. The Morgan fingerprint density at radius 1 is 1.00 bits per heavy atom. The highest BCUT2D eigenvalue weighted by Crippen LogP contribution is 2.35. The Hall–Kier alpha value is -2.36. The summed E-state index contributed by atoms with van der Waals surface area (Å²) < 4.78 is 16.1. The van der Waals surface area contributed by atoms with Crippen molar-refractivity contribution in [3.05, 3.63) is 47.0 Å². The maximum Gasteiger partial charge on any atom is 0.231 e. The number of phenolic OH excluding ortho intramolecular Hbond substituents is 1. The second-order valence-corrected chi connectivity index (χ2v) is 7.02. The average Bonchev–Trinajstić information content (AvgIpc) is 3.02. The molecule has 0 aliphatic carbocycles. The molecule has 3 rings (SSSR count). The van der Waals surface area contributed by atoms with E-state index in [2.05, 4.69) is 32.0 Å². The normalized spacial score (nSPS) is 15.0. The number of rotatable bonds is 6. The van der Waals surface area contributed by atoms with E-state index < -0.39 is 0 Å². The van der Waals surface area contributed by atoms with E-state index in [1.807, 2.05) is 19.1 Å². The van der Waals surface area contributed by atoms with Crippen LogP contribution in [0.2, 0.25) is 0 Å². The second kappa shape index (κ2) is 7.26. The number of benzene rings is 2. The highest BCUT2D eigenvalue weighted by atomic mass is 16.7. The predicted octanol–water partition coefficient (Wildman–Crippen LogP) is 4.50. The fraction of sp³-hybridized carbons (Fsp3) is 0.429. The lowest BCUT2D eigenvalue weighted by molar-refractivity contribution is 0.174. The molecule has 2 atom stereocenters. The summed E-state index contributed by atoms with van der Waals surface area (Å²) in [5.41, 5.74) is 3.37. The summed E-state index contributed by atoms with van der Waals surface area (Å²) in [5.74, 6) is 3.43. The van der Waals surface area contributed by atoms with Crippen molar-refractivity contribution >= 4 is 0 Å². The first-order valence-electron chi connectivity index (χ1n) is 8.73. The van der Waals surface area contributed by atoms with Gasteiger partial charge >= 0.3 is 0 Å². The summed E-state index contributed by atoms with van der Waals surface area (Å²) in [6.07, 6.45) is 1.91. The number of aromatic hydroxyl groups is 1. The summed E-state index contributed by atoms with van der Waals surface area (Å²) in [6.45, 7) is 6.80. The van der Waals surface area contributed by atoms with Crippen LogP contribution >= 0.6 is 0 Å². The molecule has 0 amide bonds. The molecule has 4 nitrogen and oxygen atoms in total. The van der Waals surface area contributed by atoms with E-state index in [1.165, 1.54) is 5.56 Å². The Kier molecular flexibility index (Phi) is 5.07. The van der Waals surface area contributed by atoms with Gasteiger partial charge in [-0.3, -0.25) is 0 Å². The Bertz CT molecular complexity index is 731. The second-order valence-electron chi connectivity index (χ2n) is 7.02. The summed E-state index contributed by atoms with van der Waals surface area (Å²) in [7, 11) is 1.58. The topological polar surface area (TPSA) is 47.9 Å². The molecule has 0 bridgehead atoms. The van der Waals surface area contributed by atoms with Crippen molar-refractivity contribution in [2.24, 2.45) is 11.8 Å². The van der Waals surface area contributed by atoms with Gasteiger partial charge in [-0.2, -0.15) is 0 Å². The molecule has 0 saturated carbocycles. The predicted molar refractivity (Wildman–Crippen MR) is 97.7 cm³/mol. The van der Waals surface area contributed by atoms with Crippen LogP contribution in [0.3, 0.4) is 0 Å². The lowest BCUT2D eigenvalue weighted by Gasteiger charge is -2.21. The minimum absolute atomic E-state index is 0.216. The Morgan fingerprint density at radius 3 is 2.36 bits per heavy atom. The molecule has 1 heterocycles. The monoisotopic (exact) mass is 342 g/mol. The van der Waals surface area contributed by atoms with Gasteiger partial charge in [-0.05, 0) is 66.5 Å². The summed E-state index contributed by atoms with van der Waals surface area (Å²) in [6, 6.07) is 10.1. The van der Waals surface area contributed by atoms with Crippen molar-refractivity contribution in [1.29, 1.82) is 0 Å². The fourth-order valence-corrected chi connectivity index (χ4v) is 3.43. The van der Waals surface area contributed by atoms with E-state index in [0.29, 0.717) is 24.4 Å². The standard InChI is InChI=1S/C21H26O4/c1-13(7-16-5-6-19-20(11-16)25-12-24-19)14(2)8-17-9-15(3)21(23-4)18(22)10-17/h5-6,9-11,13-14,22H,7-8,12H2,1-4H3. The molecule has 0 spiro atoms. The molecule has 134 valence electrons. The van der Waals surface area contributed by atoms with Crippen LogP contribution in [0.25, 0.3) is 0 Å². The van der Waals surface area contributed by atoms with Gasteiger partial charge < -0.3 is 19.3 Å². The molecule has 2 unspecified atom stereocenters. The molecule has 0 saturated heterocycles. The third kappa shape index (κ3) is 3.84.